The molecule has 2 amide bonds. The van der Waals surface area contributed by atoms with Crippen molar-refractivity contribution in [2.24, 2.45) is 0 Å². The monoisotopic (exact) mass is 498 g/mol. The molecule has 0 aliphatic rings. The quantitative estimate of drug-likeness (QED) is 0.381. The van der Waals surface area contributed by atoms with Gasteiger partial charge < -0.3 is 15.4 Å². The van der Waals surface area contributed by atoms with Gasteiger partial charge in [0.15, 0.2) is 11.5 Å². The number of ether oxygens (including phenoxy) is 1. The second kappa shape index (κ2) is 10.4. The number of anilines is 1. The van der Waals surface area contributed by atoms with E-state index in [0.29, 0.717) is 34.0 Å². The van der Waals surface area contributed by atoms with Gasteiger partial charge in [-0.3, -0.25) is 14.6 Å². The van der Waals surface area contributed by atoms with E-state index in [-0.39, 0.29) is 23.8 Å². The Balaban J connectivity index is 1.53. The first kappa shape index (κ1) is 24.6. The highest BCUT2D eigenvalue weighted by Gasteiger charge is 2.22. The van der Waals surface area contributed by atoms with Crippen LogP contribution in [0.4, 0.5) is 19.0 Å². The largest absolute Gasteiger partial charge is 0.454 e. The van der Waals surface area contributed by atoms with E-state index in [4.69, 9.17) is 0 Å². The van der Waals surface area contributed by atoms with Crippen LogP contribution in [0, 0.1) is 6.92 Å². The minimum atomic E-state index is -3.30. The molecule has 0 spiro atoms. The summed E-state index contributed by atoms with van der Waals surface area (Å²) in [7, 11) is 0. The molecule has 0 aliphatic carbocycles. The van der Waals surface area contributed by atoms with Crippen molar-refractivity contribution in [3.8, 4) is 17.0 Å². The van der Waals surface area contributed by atoms with Gasteiger partial charge in [0.1, 0.15) is 5.75 Å². The predicted octanol–water partition coefficient (Wildman–Crippen LogP) is 3.93. The second-order valence-electron chi connectivity index (χ2n) is 7.78. The number of carbonyl (C=O) groups is 2. The Hall–Kier alpha value is -4.48. The second-order valence-corrected chi connectivity index (χ2v) is 7.78. The van der Waals surface area contributed by atoms with Crippen molar-refractivity contribution in [2.75, 3.05) is 5.32 Å². The Morgan fingerprint density at radius 1 is 1.14 bits per heavy atom. The first-order valence-corrected chi connectivity index (χ1v) is 10.8. The molecule has 9 nitrogen and oxygen atoms in total. The number of nitrogens with zero attached hydrogens (tertiary/aromatic N) is 4. The Labute approximate surface area is 203 Å². The summed E-state index contributed by atoms with van der Waals surface area (Å²) in [4.78, 5) is 32.7. The SMILES string of the molecule is CC(=O)Nc1cn2nc(-c3cnc(C)c(C(=O)NCc4ccccc4OC(F)C(F)F)c3)ccc2n1. The molecular weight excluding hydrogens is 477 g/mol. The zero-order valence-electron chi connectivity index (χ0n) is 19.2. The predicted molar refractivity (Wildman–Crippen MR) is 124 cm³/mol. The van der Waals surface area contributed by atoms with Gasteiger partial charge in [0.25, 0.3) is 12.3 Å². The standard InChI is InChI=1S/C24H21F3N6O3/c1-13-17(24(35)29-10-15-5-3-4-6-19(15)36-23(27)22(25)26)9-16(11-28-13)18-7-8-21-31-20(30-14(2)34)12-33(21)32-18/h3-9,11-12,22-23H,10H2,1-2H3,(H,29,35)(H,30,34). The number of carbonyl (C=O) groups excluding carboxylic acids is 2. The van der Waals surface area contributed by atoms with Crippen molar-refractivity contribution in [1.29, 1.82) is 0 Å². The van der Waals surface area contributed by atoms with E-state index in [2.05, 4.69) is 30.4 Å². The van der Waals surface area contributed by atoms with Gasteiger partial charge in [-0.2, -0.15) is 9.49 Å². The van der Waals surface area contributed by atoms with Crippen molar-refractivity contribution in [2.45, 2.75) is 33.2 Å². The highest BCUT2D eigenvalue weighted by atomic mass is 19.3. The third-order valence-corrected chi connectivity index (χ3v) is 5.10. The van der Waals surface area contributed by atoms with Gasteiger partial charge in [0.2, 0.25) is 5.91 Å². The summed E-state index contributed by atoms with van der Waals surface area (Å²) in [6.45, 7) is 2.96. The molecule has 4 rings (SSSR count). The van der Waals surface area contributed by atoms with Crippen LogP contribution in [0.5, 0.6) is 5.75 Å². The molecule has 36 heavy (non-hydrogen) atoms. The van der Waals surface area contributed by atoms with Crippen molar-refractivity contribution in [1.82, 2.24) is 24.9 Å². The topological polar surface area (TPSA) is 111 Å². The molecule has 2 N–H and O–H groups in total. The van der Waals surface area contributed by atoms with E-state index in [1.807, 2.05) is 0 Å². The van der Waals surface area contributed by atoms with Crippen LogP contribution in [0.2, 0.25) is 0 Å². The number of imidazole rings is 1. The summed E-state index contributed by atoms with van der Waals surface area (Å²) < 4.78 is 44.6. The summed E-state index contributed by atoms with van der Waals surface area (Å²) in [5, 5.41) is 9.74. The van der Waals surface area contributed by atoms with Gasteiger partial charge in [-0.25, -0.2) is 18.3 Å². The van der Waals surface area contributed by atoms with Gasteiger partial charge in [-0.15, -0.1) is 0 Å². The molecule has 1 atom stereocenters. The smallest absolute Gasteiger partial charge is 0.304 e. The van der Waals surface area contributed by atoms with Gasteiger partial charge in [0, 0.05) is 30.8 Å². The number of para-hydroxylation sites is 1. The zero-order chi connectivity index (χ0) is 25.8. The maximum absolute atomic E-state index is 13.4. The van der Waals surface area contributed by atoms with Crippen molar-refractivity contribution in [3.63, 3.8) is 0 Å². The maximum atomic E-state index is 13.4. The molecular formula is C24H21F3N6O3. The molecule has 186 valence electrons. The minimum Gasteiger partial charge on any atom is -0.454 e. The third-order valence-electron chi connectivity index (χ3n) is 5.10. The van der Waals surface area contributed by atoms with Crippen LogP contribution in [0.3, 0.4) is 0 Å². The molecule has 0 saturated heterocycles. The van der Waals surface area contributed by atoms with E-state index in [1.165, 1.54) is 29.6 Å². The summed E-state index contributed by atoms with van der Waals surface area (Å²) in [5.74, 6) is -0.472. The molecule has 0 bridgehead atoms. The summed E-state index contributed by atoms with van der Waals surface area (Å²) in [5.41, 5.74) is 2.65. The molecule has 0 aliphatic heterocycles. The number of amides is 2. The molecule has 0 fully saturated rings. The number of fused-ring (bicyclic) bond motifs is 1. The number of pyridine rings is 1. The molecule has 3 aromatic heterocycles. The van der Waals surface area contributed by atoms with Crippen molar-refractivity contribution < 1.29 is 27.5 Å². The van der Waals surface area contributed by atoms with E-state index < -0.39 is 18.7 Å². The maximum Gasteiger partial charge on any atom is 0.304 e. The fourth-order valence-corrected chi connectivity index (χ4v) is 3.39. The highest BCUT2D eigenvalue weighted by molar-refractivity contribution is 5.96. The molecule has 12 heteroatoms. The Bertz CT molecular complexity index is 1430. The average Bonchev–Trinajstić information content (AvgIpc) is 3.24. The van der Waals surface area contributed by atoms with Crippen LogP contribution in [0.15, 0.2) is 54.9 Å². The summed E-state index contributed by atoms with van der Waals surface area (Å²) in [6.07, 6.45) is -2.94. The number of aryl methyl sites for hydroxylation is 1. The van der Waals surface area contributed by atoms with E-state index >= 15 is 0 Å². The highest BCUT2D eigenvalue weighted by Crippen LogP contribution is 2.23. The van der Waals surface area contributed by atoms with E-state index in [9.17, 15) is 22.8 Å². The molecule has 1 unspecified atom stereocenters. The van der Waals surface area contributed by atoms with Crippen LogP contribution in [-0.2, 0) is 11.3 Å². The number of nitrogens with one attached hydrogen (secondary N) is 2. The molecule has 3 heterocycles. The van der Waals surface area contributed by atoms with Crippen LogP contribution in [-0.4, -0.2) is 44.2 Å². The van der Waals surface area contributed by atoms with Gasteiger partial charge in [-0.05, 0) is 31.2 Å². The minimum absolute atomic E-state index is 0.0835. The third kappa shape index (κ3) is 5.59. The average molecular weight is 498 g/mol. The number of aromatic nitrogens is 4. The van der Waals surface area contributed by atoms with Crippen LogP contribution < -0.4 is 15.4 Å². The Morgan fingerprint density at radius 3 is 2.67 bits per heavy atom. The molecule has 0 radical (unpaired) electrons. The number of hydrogen-bond donors (Lipinski definition) is 2. The lowest BCUT2D eigenvalue weighted by molar-refractivity contribution is -0.114. The molecule has 4 aromatic rings. The van der Waals surface area contributed by atoms with Crippen molar-refractivity contribution in [3.05, 3.63) is 71.7 Å². The lowest BCUT2D eigenvalue weighted by Crippen LogP contribution is -2.25. The Morgan fingerprint density at radius 2 is 1.92 bits per heavy atom. The number of rotatable bonds is 8. The van der Waals surface area contributed by atoms with Crippen LogP contribution in [0.25, 0.3) is 16.9 Å². The first-order chi connectivity index (χ1) is 17.2. The number of benzene rings is 1. The number of halogens is 3. The molecule has 1 aromatic carbocycles. The van der Waals surface area contributed by atoms with Gasteiger partial charge >= 0.3 is 6.43 Å². The number of alkyl halides is 3. The van der Waals surface area contributed by atoms with Crippen LogP contribution in [0.1, 0.15) is 28.5 Å². The fraction of sp³-hybridized carbons (Fsp3) is 0.208. The first-order valence-electron chi connectivity index (χ1n) is 10.8. The van der Waals surface area contributed by atoms with Gasteiger partial charge in [0.05, 0.1) is 23.1 Å². The normalized spacial score (nSPS) is 11.9. The van der Waals surface area contributed by atoms with E-state index in [0.717, 1.165) is 0 Å². The molecule has 0 saturated carbocycles. The summed E-state index contributed by atoms with van der Waals surface area (Å²) >= 11 is 0. The zero-order valence-corrected chi connectivity index (χ0v) is 19.2. The lowest BCUT2D eigenvalue weighted by atomic mass is 10.1. The van der Waals surface area contributed by atoms with Crippen molar-refractivity contribution >= 4 is 23.3 Å². The Kier molecular flexibility index (Phi) is 7.13. The van der Waals surface area contributed by atoms with E-state index in [1.54, 1.807) is 43.6 Å². The van der Waals surface area contributed by atoms with Crippen LogP contribution >= 0.6 is 0 Å². The van der Waals surface area contributed by atoms with Gasteiger partial charge in [-0.1, -0.05) is 18.2 Å². The fourth-order valence-electron chi connectivity index (χ4n) is 3.39. The number of hydrogen-bond acceptors (Lipinski definition) is 6. The lowest BCUT2D eigenvalue weighted by Gasteiger charge is -2.15. The summed E-state index contributed by atoms with van der Waals surface area (Å²) in [6, 6.07) is 11.0.